The SMILES string of the molecule is c1ccc(-c2cc(-c3ccccc3)c3sc4c(-c5ccc6c(c5)c5cc(-c7cc(-c8ccccc8)cc8c7sc7c(-c9ccccc9)cc(-c9ccccc9)cc78)ccc5n6-c5ccccc5)cc(-c5ccccc5)cc4c3c2)cc1. The molecule has 0 atom stereocenters. The van der Waals surface area contributed by atoms with Crippen LogP contribution in [0.2, 0.25) is 0 Å². The number of hydrogen-bond donors (Lipinski definition) is 0. The van der Waals surface area contributed by atoms with E-state index in [2.05, 4.69) is 302 Å². The summed E-state index contributed by atoms with van der Waals surface area (Å²) in [7, 11) is 0. The van der Waals surface area contributed by atoms with Gasteiger partial charge in [0.05, 0.1) is 11.0 Å². The van der Waals surface area contributed by atoms with Gasteiger partial charge in [0.2, 0.25) is 0 Å². The van der Waals surface area contributed by atoms with Crippen molar-refractivity contribution < 1.29 is 0 Å². The first-order chi connectivity index (χ1) is 40.1. The second kappa shape index (κ2) is 19.5. The molecule has 3 heteroatoms. The zero-order valence-electron chi connectivity index (χ0n) is 44.1. The Balaban J connectivity index is 0.962. The van der Waals surface area contributed by atoms with Crippen molar-refractivity contribution in [2.45, 2.75) is 0 Å². The lowest BCUT2D eigenvalue weighted by Gasteiger charge is -2.11. The van der Waals surface area contributed by atoms with Crippen LogP contribution in [0.5, 0.6) is 0 Å². The molecule has 13 aromatic carbocycles. The molecule has 3 heterocycles. The van der Waals surface area contributed by atoms with E-state index in [1.807, 2.05) is 22.7 Å². The minimum atomic E-state index is 1.14. The van der Waals surface area contributed by atoms with E-state index in [1.165, 1.54) is 151 Å². The summed E-state index contributed by atoms with van der Waals surface area (Å²) in [5.41, 5.74) is 23.0. The lowest BCUT2D eigenvalue weighted by atomic mass is 9.92. The van der Waals surface area contributed by atoms with Gasteiger partial charge in [0.25, 0.3) is 0 Å². The fourth-order valence-corrected chi connectivity index (χ4v) is 15.1. The summed E-state index contributed by atoms with van der Waals surface area (Å²) >= 11 is 3.84. The van der Waals surface area contributed by atoms with Gasteiger partial charge in [-0.3, -0.25) is 0 Å². The van der Waals surface area contributed by atoms with E-state index in [0.29, 0.717) is 0 Å². The number of hydrogen-bond acceptors (Lipinski definition) is 2. The van der Waals surface area contributed by atoms with E-state index < -0.39 is 0 Å². The van der Waals surface area contributed by atoms with Gasteiger partial charge in [0, 0.05) is 79.1 Å². The predicted molar refractivity (Wildman–Crippen MR) is 350 cm³/mol. The van der Waals surface area contributed by atoms with Crippen molar-refractivity contribution in [3.63, 3.8) is 0 Å². The molecule has 0 radical (unpaired) electrons. The van der Waals surface area contributed by atoms with Gasteiger partial charge in [-0.05, 0) is 152 Å². The smallest absolute Gasteiger partial charge is 0.0541 e. The third-order valence-corrected chi connectivity index (χ3v) is 18.9. The maximum atomic E-state index is 2.48. The highest BCUT2D eigenvalue weighted by atomic mass is 32.1. The maximum absolute atomic E-state index is 2.48. The molecule has 0 amide bonds. The van der Waals surface area contributed by atoms with E-state index in [1.54, 1.807) is 0 Å². The highest BCUT2D eigenvalue weighted by Crippen LogP contribution is 2.51. The number of para-hydroxylation sites is 1. The molecule has 0 spiro atoms. The van der Waals surface area contributed by atoms with Crippen molar-refractivity contribution in [2.75, 3.05) is 0 Å². The molecular weight excluding hydrogens is 1010 g/mol. The Kier molecular flexibility index (Phi) is 11.3. The van der Waals surface area contributed by atoms with Crippen molar-refractivity contribution >= 4 is 84.8 Å². The van der Waals surface area contributed by atoms with Gasteiger partial charge in [-0.25, -0.2) is 0 Å². The van der Waals surface area contributed by atoms with Crippen LogP contribution < -0.4 is 0 Å². The molecule has 0 aliphatic rings. The molecule has 0 saturated heterocycles. The summed E-state index contributed by atoms with van der Waals surface area (Å²) < 4.78 is 7.62. The molecule has 0 unspecified atom stereocenters. The Morgan fingerprint density at radius 2 is 0.432 bits per heavy atom. The van der Waals surface area contributed by atoms with Crippen LogP contribution in [0.25, 0.3) is 157 Å². The van der Waals surface area contributed by atoms with Gasteiger partial charge in [-0.15, -0.1) is 22.7 Å². The molecule has 16 rings (SSSR count). The lowest BCUT2D eigenvalue weighted by Crippen LogP contribution is -1.93. The highest BCUT2D eigenvalue weighted by Gasteiger charge is 2.23. The second-order valence-electron chi connectivity index (χ2n) is 21.1. The first-order valence-electron chi connectivity index (χ1n) is 27.7. The third-order valence-electron chi connectivity index (χ3n) is 16.3. The summed E-state index contributed by atoms with van der Waals surface area (Å²) in [6.07, 6.45) is 0. The summed E-state index contributed by atoms with van der Waals surface area (Å²) in [6.45, 7) is 0. The van der Waals surface area contributed by atoms with Crippen molar-refractivity contribution in [1.82, 2.24) is 4.57 Å². The average molecular weight is 1060 g/mol. The average Bonchev–Trinajstić information content (AvgIpc) is 4.38. The number of benzene rings is 13. The number of aromatic nitrogens is 1. The van der Waals surface area contributed by atoms with E-state index in [4.69, 9.17) is 0 Å². The van der Waals surface area contributed by atoms with Crippen molar-refractivity contribution in [1.29, 1.82) is 0 Å². The molecule has 0 saturated carbocycles. The van der Waals surface area contributed by atoms with Crippen LogP contribution in [-0.4, -0.2) is 4.57 Å². The molecule has 1 nitrogen and oxygen atoms in total. The minimum absolute atomic E-state index is 1.14. The van der Waals surface area contributed by atoms with Gasteiger partial charge in [0.1, 0.15) is 0 Å². The zero-order valence-corrected chi connectivity index (χ0v) is 45.7. The topological polar surface area (TPSA) is 4.93 Å². The largest absolute Gasteiger partial charge is 0.309 e. The van der Waals surface area contributed by atoms with Crippen molar-refractivity contribution in [2.24, 2.45) is 0 Å². The quantitative estimate of drug-likeness (QED) is 0.136. The number of rotatable bonds is 9. The summed E-state index contributed by atoms with van der Waals surface area (Å²) in [5, 5.41) is 7.53. The lowest BCUT2D eigenvalue weighted by molar-refractivity contribution is 1.18. The first-order valence-corrected chi connectivity index (χ1v) is 29.3. The normalized spacial score (nSPS) is 11.7. The molecule has 378 valence electrons. The van der Waals surface area contributed by atoms with Crippen LogP contribution in [0, 0.1) is 0 Å². The van der Waals surface area contributed by atoms with E-state index in [0.717, 1.165) is 5.69 Å². The fraction of sp³-hybridized carbons (Fsp3) is 0. The maximum Gasteiger partial charge on any atom is 0.0541 e. The van der Waals surface area contributed by atoms with Crippen LogP contribution in [0.3, 0.4) is 0 Å². The Morgan fingerprint density at radius 3 is 0.728 bits per heavy atom. The number of fused-ring (bicyclic) bond motifs is 9. The summed E-state index contributed by atoms with van der Waals surface area (Å²) in [6, 6.07) is 110. The first kappa shape index (κ1) is 47.1. The van der Waals surface area contributed by atoms with E-state index in [-0.39, 0.29) is 0 Å². The van der Waals surface area contributed by atoms with Crippen LogP contribution >= 0.6 is 22.7 Å². The molecular formula is C78H49NS2. The molecule has 0 aliphatic heterocycles. The molecule has 16 aromatic rings. The van der Waals surface area contributed by atoms with Crippen LogP contribution in [0.15, 0.2) is 297 Å². The minimum Gasteiger partial charge on any atom is -0.309 e. The zero-order chi connectivity index (χ0) is 53.4. The van der Waals surface area contributed by atoms with Gasteiger partial charge >= 0.3 is 0 Å². The molecule has 81 heavy (non-hydrogen) atoms. The standard InChI is InChI=1S/C78H49NS2/c1-8-22-50(23-9-1)58-42-63(54-30-16-5-17-31-54)75-69(46-58)71-48-60(52-26-12-3-13-27-52)44-65(77(71)80-75)56-36-38-73-67(40-56)68-41-57(37-39-74(68)79(73)62-34-20-7-21-35-62)66-45-61(53-28-14-4-15-29-53)49-72-70-47-59(51-24-10-2-11-25-51)43-64(76(70)81-78(66)72)55-32-18-6-19-33-55/h1-49H. The molecule has 0 N–H and O–H groups in total. The third kappa shape index (κ3) is 8.12. The van der Waals surface area contributed by atoms with Gasteiger partial charge in [-0.1, -0.05) is 212 Å². The summed E-state index contributed by atoms with van der Waals surface area (Å²) in [5.74, 6) is 0. The van der Waals surface area contributed by atoms with Gasteiger partial charge in [0.15, 0.2) is 0 Å². The predicted octanol–water partition coefficient (Wildman–Crippen LogP) is 22.9. The van der Waals surface area contributed by atoms with Crippen molar-refractivity contribution in [3.05, 3.63) is 297 Å². The van der Waals surface area contributed by atoms with Gasteiger partial charge < -0.3 is 4.57 Å². The highest BCUT2D eigenvalue weighted by molar-refractivity contribution is 7.27. The Bertz CT molecular complexity index is 4740. The van der Waals surface area contributed by atoms with E-state index in [9.17, 15) is 0 Å². The Hall–Kier alpha value is -9.90. The molecule has 0 fully saturated rings. The molecule has 0 bridgehead atoms. The fourth-order valence-electron chi connectivity index (χ4n) is 12.5. The summed E-state index contributed by atoms with van der Waals surface area (Å²) in [4.78, 5) is 0. The molecule has 3 aromatic heterocycles. The van der Waals surface area contributed by atoms with Crippen LogP contribution in [0.4, 0.5) is 0 Å². The Labute approximate surface area is 478 Å². The van der Waals surface area contributed by atoms with Gasteiger partial charge in [-0.2, -0.15) is 0 Å². The number of thiophene rings is 2. The molecule has 0 aliphatic carbocycles. The van der Waals surface area contributed by atoms with Crippen molar-refractivity contribution in [3.8, 4) is 94.7 Å². The van der Waals surface area contributed by atoms with Crippen LogP contribution in [-0.2, 0) is 0 Å². The monoisotopic (exact) mass is 1060 g/mol. The van der Waals surface area contributed by atoms with Crippen LogP contribution in [0.1, 0.15) is 0 Å². The second-order valence-corrected chi connectivity index (χ2v) is 23.2. The Morgan fingerprint density at radius 1 is 0.185 bits per heavy atom. The van der Waals surface area contributed by atoms with E-state index >= 15 is 0 Å². The number of nitrogens with zero attached hydrogens (tertiary/aromatic N) is 1.